The Hall–Kier alpha value is -0.940. The summed E-state index contributed by atoms with van der Waals surface area (Å²) in [5, 5.41) is 3.35. The van der Waals surface area contributed by atoms with Crippen LogP contribution in [0.3, 0.4) is 0 Å². The third-order valence-corrected chi connectivity index (χ3v) is 2.99. The molecule has 106 valence electrons. The molecular weight excluding hydrogens is 242 g/mol. The molecule has 1 aliphatic heterocycles. The number of hydrogen-bond donors (Lipinski definition) is 1. The number of rotatable bonds is 6. The van der Waals surface area contributed by atoms with E-state index in [1.165, 1.54) is 0 Å². The van der Waals surface area contributed by atoms with Gasteiger partial charge in [-0.1, -0.05) is 30.3 Å². The second kappa shape index (κ2) is 7.01. The van der Waals surface area contributed by atoms with Crippen molar-refractivity contribution in [3.05, 3.63) is 35.9 Å². The molecule has 0 aromatic heterocycles. The van der Waals surface area contributed by atoms with Gasteiger partial charge in [-0.25, -0.2) is 0 Å². The number of hydrogen-bond acceptors (Lipinski definition) is 4. The fourth-order valence-electron chi connectivity index (χ4n) is 2.13. The molecule has 0 bridgehead atoms. The summed E-state index contributed by atoms with van der Waals surface area (Å²) in [6, 6.07) is 10.1. The number of ether oxygens (including phenoxy) is 3. The van der Waals surface area contributed by atoms with Gasteiger partial charge >= 0.3 is 0 Å². The second-order valence-electron chi connectivity index (χ2n) is 5.45. The Labute approximate surface area is 115 Å². The molecule has 0 spiro atoms. The lowest BCUT2D eigenvalue weighted by molar-refractivity contribution is -0.145. The van der Waals surface area contributed by atoms with Crippen molar-refractivity contribution < 1.29 is 14.2 Å². The predicted octanol–water partition coefficient (Wildman–Crippen LogP) is 1.94. The molecule has 19 heavy (non-hydrogen) atoms. The Morgan fingerprint density at radius 3 is 2.79 bits per heavy atom. The van der Waals surface area contributed by atoms with Gasteiger partial charge in [0.2, 0.25) is 0 Å². The summed E-state index contributed by atoms with van der Waals surface area (Å²) in [7, 11) is 0. The van der Waals surface area contributed by atoms with Gasteiger partial charge in [0.15, 0.2) is 0 Å². The lowest BCUT2D eigenvalue weighted by Crippen LogP contribution is -2.51. The van der Waals surface area contributed by atoms with Crippen LogP contribution in [0.15, 0.2) is 30.3 Å². The van der Waals surface area contributed by atoms with Crippen LogP contribution in [0.4, 0.5) is 0 Å². The molecule has 2 rings (SSSR count). The monoisotopic (exact) mass is 265 g/mol. The van der Waals surface area contributed by atoms with Crippen LogP contribution in [-0.2, 0) is 20.8 Å². The summed E-state index contributed by atoms with van der Waals surface area (Å²) in [5.74, 6) is 0. The average molecular weight is 265 g/mol. The van der Waals surface area contributed by atoms with Gasteiger partial charge in [0.25, 0.3) is 0 Å². The summed E-state index contributed by atoms with van der Waals surface area (Å²) in [4.78, 5) is 0. The van der Waals surface area contributed by atoms with Crippen molar-refractivity contribution in [2.75, 3.05) is 26.5 Å². The van der Waals surface area contributed by atoms with Crippen LogP contribution in [0.25, 0.3) is 0 Å². The Morgan fingerprint density at radius 1 is 1.26 bits per heavy atom. The Morgan fingerprint density at radius 2 is 2.05 bits per heavy atom. The van der Waals surface area contributed by atoms with Crippen molar-refractivity contribution in [3.63, 3.8) is 0 Å². The number of nitrogens with one attached hydrogen (secondary N) is 1. The van der Waals surface area contributed by atoms with Gasteiger partial charge < -0.3 is 19.5 Å². The minimum Gasteiger partial charge on any atom is -0.367 e. The SMILES string of the molecule is CC1(C)CNCC(COCOCc2ccccc2)O1. The van der Waals surface area contributed by atoms with Gasteiger partial charge in [-0.2, -0.15) is 0 Å². The molecular formula is C15H23NO3. The van der Waals surface area contributed by atoms with Crippen molar-refractivity contribution in [1.82, 2.24) is 5.32 Å². The number of morpholine rings is 1. The molecule has 1 atom stereocenters. The first-order valence-corrected chi connectivity index (χ1v) is 6.74. The Balaban J connectivity index is 1.57. The largest absolute Gasteiger partial charge is 0.367 e. The minimum absolute atomic E-state index is 0.101. The van der Waals surface area contributed by atoms with Crippen LogP contribution >= 0.6 is 0 Å². The molecule has 1 aromatic carbocycles. The molecule has 1 heterocycles. The minimum atomic E-state index is -0.114. The first-order valence-electron chi connectivity index (χ1n) is 6.74. The van der Waals surface area contributed by atoms with E-state index in [1.54, 1.807) is 0 Å². The van der Waals surface area contributed by atoms with E-state index in [1.807, 2.05) is 30.3 Å². The predicted molar refractivity (Wildman–Crippen MR) is 73.9 cm³/mol. The summed E-state index contributed by atoms with van der Waals surface area (Å²) in [6.07, 6.45) is 0.101. The molecule has 0 aliphatic carbocycles. The van der Waals surface area contributed by atoms with E-state index in [0.29, 0.717) is 20.0 Å². The third-order valence-electron chi connectivity index (χ3n) is 2.99. The maximum atomic E-state index is 5.90. The van der Waals surface area contributed by atoms with Crippen LogP contribution in [0.2, 0.25) is 0 Å². The van der Waals surface area contributed by atoms with E-state index in [-0.39, 0.29) is 11.7 Å². The maximum Gasteiger partial charge on any atom is 0.147 e. The van der Waals surface area contributed by atoms with Crippen molar-refractivity contribution in [1.29, 1.82) is 0 Å². The standard InChI is InChI=1S/C15H23NO3/c1-15(2)11-16-8-14(19-15)10-18-12-17-9-13-6-4-3-5-7-13/h3-7,14,16H,8-12H2,1-2H3. The van der Waals surface area contributed by atoms with Crippen molar-refractivity contribution in [2.45, 2.75) is 32.2 Å². The first-order chi connectivity index (χ1) is 9.16. The maximum absolute atomic E-state index is 5.90. The molecule has 1 saturated heterocycles. The molecule has 0 saturated carbocycles. The summed E-state index contributed by atoms with van der Waals surface area (Å²) in [5.41, 5.74) is 1.04. The molecule has 0 amide bonds. The van der Waals surface area contributed by atoms with E-state index in [4.69, 9.17) is 14.2 Å². The van der Waals surface area contributed by atoms with Gasteiger partial charge in [0.05, 0.1) is 24.9 Å². The molecule has 1 N–H and O–H groups in total. The van der Waals surface area contributed by atoms with Gasteiger partial charge in [0, 0.05) is 13.1 Å². The van der Waals surface area contributed by atoms with Crippen LogP contribution in [0, 0.1) is 0 Å². The lowest BCUT2D eigenvalue weighted by atomic mass is 10.1. The van der Waals surface area contributed by atoms with E-state index < -0.39 is 0 Å². The van der Waals surface area contributed by atoms with Gasteiger partial charge in [-0.05, 0) is 19.4 Å². The molecule has 4 heteroatoms. The summed E-state index contributed by atoms with van der Waals surface area (Å²) >= 11 is 0. The number of benzene rings is 1. The van der Waals surface area contributed by atoms with E-state index in [2.05, 4.69) is 19.2 Å². The van der Waals surface area contributed by atoms with Crippen LogP contribution in [0.5, 0.6) is 0 Å². The zero-order chi connectivity index (χ0) is 13.6. The van der Waals surface area contributed by atoms with Crippen molar-refractivity contribution >= 4 is 0 Å². The smallest absolute Gasteiger partial charge is 0.147 e. The summed E-state index contributed by atoms with van der Waals surface area (Å²) in [6.45, 7) is 7.32. The lowest BCUT2D eigenvalue weighted by Gasteiger charge is -2.36. The Bertz CT molecular complexity index is 367. The average Bonchev–Trinajstić information content (AvgIpc) is 2.38. The highest BCUT2D eigenvalue weighted by Crippen LogP contribution is 2.15. The van der Waals surface area contributed by atoms with Crippen LogP contribution in [0.1, 0.15) is 19.4 Å². The van der Waals surface area contributed by atoms with E-state index in [0.717, 1.165) is 18.7 Å². The van der Waals surface area contributed by atoms with Crippen LogP contribution < -0.4 is 5.32 Å². The molecule has 1 aliphatic rings. The molecule has 4 nitrogen and oxygen atoms in total. The van der Waals surface area contributed by atoms with Gasteiger partial charge in [0.1, 0.15) is 6.79 Å². The first kappa shape index (κ1) is 14.5. The fraction of sp³-hybridized carbons (Fsp3) is 0.600. The fourth-order valence-corrected chi connectivity index (χ4v) is 2.13. The molecule has 0 radical (unpaired) electrons. The quantitative estimate of drug-likeness (QED) is 0.630. The van der Waals surface area contributed by atoms with Crippen LogP contribution in [-0.4, -0.2) is 38.2 Å². The Kier molecular flexibility index (Phi) is 5.34. The highest BCUT2D eigenvalue weighted by Gasteiger charge is 2.28. The zero-order valence-corrected chi connectivity index (χ0v) is 11.7. The third kappa shape index (κ3) is 5.28. The highest BCUT2D eigenvalue weighted by atomic mass is 16.7. The van der Waals surface area contributed by atoms with E-state index in [9.17, 15) is 0 Å². The molecule has 1 fully saturated rings. The zero-order valence-electron chi connectivity index (χ0n) is 11.7. The van der Waals surface area contributed by atoms with Crippen molar-refractivity contribution in [3.8, 4) is 0 Å². The van der Waals surface area contributed by atoms with Gasteiger partial charge in [-0.3, -0.25) is 0 Å². The summed E-state index contributed by atoms with van der Waals surface area (Å²) < 4.78 is 16.9. The topological polar surface area (TPSA) is 39.7 Å². The van der Waals surface area contributed by atoms with E-state index >= 15 is 0 Å². The second-order valence-corrected chi connectivity index (χ2v) is 5.45. The molecule has 1 aromatic rings. The highest BCUT2D eigenvalue weighted by molar-refractivity contribution is 5.13. The normalized spacial score (nSPS) is 22.3. The van der Waals surface area contributed by atoms with Crippen molar-refractivity contribution in [2.24, 2.45) is 0 Å². The molecule has 1 unspecified atom stereocenters. The van der Waals surface area contributed by atoms with Gasteiger partial charge in [-0.15, -0.1) is 0 Å².